The van der Waals surface area contributed by atoms with Crippen molar-refractivity contribution in [2.24, 2.45) is 17.8 Å². The van der Waals surface area contributed by atoms with E-state index in [4.69, 9.17) is 9.47 Å². The number of hydrogen-bond acceptors (Lipinski definition) is 6. The Kier molecular flexibility index (Phi) is 6.70. The Morgan fingerprint density at radius 1 is 1.12 bits per heavy atom. The monoisotopic (exact) mass is 477 g/mol. The van der Waals surface area contributed by atoms with Crippen molar-refractivity contribution in [2.45, 2.75) is 75.5 Å². The quantitative estimate of drug-likeness (QED) is 0.424. The average Bonchev–Trinajstić information content (AvgIpc) is 3.51. The van der Waals surface area contributed by atoms with Crippen LogP contribution >= 0.6 is 23.5 Å². The molecule has 32 heavy (non-hydrogen) atoms. The summed E-state index contributed by atoms with van der Waals surface area (Å²) in [7, 11) is 0. The van der Waals surface area contributed by atoms with E-state index in [0.717, 1.165) is 50.2 Å². The molecule has 1 spiro atoms. The molecular formula is C25H35NO4S2. The second-order valence-corrected chi connectivity index (χ2v) is 13.0. The van der Waals surface area contributed by atoms with Gasteiger partial charge in [-0.3, -0.25) is 9.59 Å². The van der Waals surface area contributed by atoms with Crippen molar-refractivity contribution in [1.29, 1.82) is 0 Å². The zero-order valence-electron chi connectivity index (χ0n) is 19.3. The molecule has 5 rings (SSSR count). The van der Waals surface area contributed by atoms with Crippen molar-refractivity contribution in [3.8, 4) is 0 Å². The van der Waals surface area contributed by atoms with Crippen LogP contribution in [0.3, 0.4) is 0 Å². The fourth-order valence-electron chi connectivity index (χ4n) is 6.49. The molecule has 2 aliphatic heterocycles. The minimum absolute atomic E-state index is 0.0440. The largest absolute Gasteiger partial charge is 0.457 e. The molecule has 2 aliphatic carbocycles. The number of ether oxygens (including phenoxy) is 2. The summed E-state index contributed by atoms with van der Waals surface area (Å²) < 4.78 is 13.9. The molecule has 2 saturated carbocycles. The van der Waals surface area contributed by atoms with E-state index in [-0.39, 0.29) is 30.4 Å². The maximum Gasteiger partial charge on any atom is 0.309 e. The summed E-state index contributed by atoms with van der Waals surface area (Å²) in [5.41, 5.74) is 2.68. The van der Waals surface area contributed by atoms with Crippen LogP contribution in [-0.2, 0) is 20.8 Å². The van der Waals surface area contributed by atoms with Crippen molar-refractivity contribution >= 4 is 35.3 Å². The maximum atomic E-state index is 12.9. The smallest absolute Gasteiger partial charge is 0.309 e. The molecular weight excluding hydrogens is 442 g/mol. The molecule has 3 heterocycles. The second kappa shape index (κ2) is 9.38. The minimum Gasteiger partial charge on any atom is -0.457 e. The van der Waals surface area contributed by atoms with Gasteiger partial charge in [-0.1, -0.05) is 6.42 Å². The third-order valence-electron chi connectivity index (χ3n) is 8.08. The van der Waals surface area contributed by atoms with E-state index in [1.807, 2.05) is 19.9 Å². The fraction of sp³-hybridized carbons (Fsp3) is 0.760. The van der Waals surface area contributed by atoms with Gasteiger partial charge in [0.1, 0.15) is 0 Å². The number of esters is 1. The number of thioether (sulfide) groups is 2. The molecule has 4 aliphatic rings. The number of rotatable bonds is 6. The Morgan fingerprint density at radius 3 is 2.50 bits per heavy atom. The molecule has 2 saturated heterocycles. The first-order valence-electron chi connectivity index (χ1n) is 12.2. The van der Waals surface area contributed by atoms with Gasteiger partial charge in [0.2, 0.25) is 5.78 Å². The van der Waals surface area contributed by atoms with Crippen molar-refractivity contribution in [2.75, 3.05) is 24.7 Å². The van der Waals surface area contributed by atoms with E-state index >= 15 is 0 Å². The van der Waals surface area contributed by atoms with Crippen molar-refractivity contribution in [3.05, 3.63) is 23.0 Å². The van der Waals surface area contributed by atoms with Crippen LogP contribution in [0.25, 0.3) is 0 Å². The Bertz CT molecular complexity index is 854. The third-order valence-corrected chi connectivity index (χ3v) is 12.1. The van der Waals surface area contributed by atoms with E-state index in [1.54, 1.807) is 0 Å². The maximum absolute atomic E-state index is 12.9. The highest BCUT2D eigenvalue weighted by atomic mass is 32.2. The third kappa shape index (κ3) is 4.18. The standard InChI is InChI=1S/C25H35NO4S2/c1-16-11-22(17(2)26(16)14-21-7-4-8-29-21)23(27)15-30-24(28)18-12-19-5-3-6-20(13-18)25(19)31-9-10-32-25/h11,18-21H,3-10,12-15H2,1-2H3. The second-order valence-electron chi connectivity index (χ2n) is 9.97. The van der Waals surface area contributed by atoms with Crippen LogP contribution in [0.4, 0.5) is 0 Å². The summed E-state index contributed by atoms with van der Waals surface area (Å²) in [6, 6.07) is 1.93. The predicted molar refractivity (Wildman–Crippen MR) is 129 cm³/mol. The van der Waals surface area contributed by atoms with Gasteiger partial charge in [-0.2, -0.15) is 0 Å². The molecule has 2 bridgehead atoms. The van der Waals surface area contributed by atoms with Gasteiger partial charge < -0.3 is 14.0 Å². The average molecular weight is 478 g/mol. The highest BCUT2D eigenvalue weighted by molar-refractivity contribution is 8.21. The normalized spacial score (nSPS) is 31.2. The zero-order chi connectivity index (χ0) is 22.3. The number of nitrogens with zero attached hydrogens (tertiary/aromatic N) is 1. The zero-order valence-corrected chi connectivity index (χ0v) is 20.9. The summed E-state index contributed by atoms with van der Waals surface area (Å²) in [5, 5.41) is 0. The molecule has 7 heteroatoms. The van der Waals surface area contributed by atoms with Gasteiger partial charge in [0.15, 0.2) is 6.61 Å². The molecule has 1 aromatic rings. The van der Waals surface area contributed by atoms with E-state index in [0.29, 0.717) is 21.5 Å². The van der Waals surface area contributed by atoms with Crippen LogP contribution in [0.1, 0.15) is 66.7 Å². The van der Waals surface area contributed by atoms with E-state index in [9.17, 15) is 9.59 Å². The van der Waals surface area contributed by atoms with Crippen LogP contribution in [0.5, 0.6) is 0 Å². The van der Waals surface area contributed by atoms with E-state index < -0.39 is 0 Å². The number of Topliss-reactive ketones (excluding diaryl/α,β-unsaturated/α-hetero) is 1. The summed E-state index contributed by atoms with van der Waals surface area (Å²) in [5.74, 6) is 3.40. The molecule has 0 amide bonds. The van der Waals surface area contributed by atoms with Crippen LogP contribution in [0.2, 0.25) is 0 Å². The molecule has 1 aromatic heterocycles. The lowest BCUT2D eigenvalue weighted by Crippen LogP contribution is -2.48. The summed E-state index contributed by atoms with van der Waals surface area (Å²) in [6.07, 6.45) is 8.02. The Balaban J connectivity index is 1.19. The lowest BCUT2D eigenvalue weighted by molar-refractivity contribution is -0.150. The predicted octanol–water partition coefficient (Wildman–Crippen LogP) is 5.01. The summed E-state index contributed by atoms with van der Waals surface area (Å²) in [6.45, 7) is 5.47. The molecule has 4 fully saturated rings. The number of aryl methyl sites for hydroxylation is 1. The Labute approximate surface area is 199 Å². The van der Waals surface area contributed by atoms with E-state index in [1.165, 1.54) is 30.8 Å². The highest BCUT2D eigenvalue weighted by Gasteiger charge is 2.55. The van der Waals surface area contributed by atoms with Crippen LogP contribution in [-0.4, -0.2) is 51.2 Å². The Hall–Kier alpha value is -0.920. The Morgan fingerprint density at radius 2 is 1.84 bits per heavy atom. The van der Waals surface area contributed by atoms with Gasteiger partial charge in [0, 0.05) is 41.6 Å². The first kappa shape index (κ1) is 22.9. The summed E-state index contributed by atoms with van der Waals surface area (Å²) in [4.78, 5) is 25.9. The van der Waals surface area contributed by atoms with Crippen LogP contribution in [0.15, 0.2) is 6.07 Å². The van der Waals surface area contributed by atoms with Gasteiger partial charge in [-0.05, 0) is 70.3 Å². The molecule has 176 valence electrons. The van der Waals surface area contributed by atoms with Crippen LogP contribution < -0.4 is 0 Å². The SMILES string of the molecule is Cc1cc(C(=O)COC(=O)C2CC3CCCC(C2)C32SCCS2)c(C)n1CC1CCCO1. The van der Waals surface area contributed by atoms with Gasteiger partial charge >= 0.3 is 5.97 Å². The number of carbonyl (C=O) groups excluding carboxylic acids is 2. The fourth-order valence-corrected chi connectivity index (χ4v) is 10.4. The highest BCUT2D eigenvalue weighted by Crippen LogP contribution is 2.64. The first-order valence-corrected chi connectivity index (χ1v) is 14.2. The number of hydrogen-bond donors (Lipinski definition) is 0. The van der Waals surface area contributed by atoms with E-state index in [2.05, 4.69) is 28.1 Å². The van der Waals surface area contributed by atoms with Gasteiger partial charge in [0.05, 0.1) is 16.1 Å². The molecule has 5 nitrogen and oxygen atoms in total. The number of ketones is 1. The molecule has 3 atom stereocenters. The molecule has 0 N–H and O–H groups in total. The molecule has 0 aromatic carbocycles. The molecule has 3 unspecified atom stereocenters. The molecule has 0 radical (unpaired) electrons. The van der Waals surface area contributed by atoms with Crippen LogP contribution in [0, 0.1) is 31.6 Å². The van der Waals surface area contributed by atoms with Crippen molar-refractivity contribution in [1.82, 2.24) is 4.57 Å². The van der Waals surface area contributed by atoms with Gasteiger partial charge in [-0.25, -0.2) is 0 Å². The van der Waals surface area contributed by atoms with Gasteiger partial charge in [-0.15, -0.1) is 23.5 Å². The van der Waals surface area contributed by atoms with Gasteiger partial charge in [0.25, 0.3) is 0 Å². The first-order chi connectivity index (χ1) is 15.5. The van der Waals surface area contributed by atoms with Crippen molar-refractivity contribution < 1.29 is 19.1 Å². The lowest BCUT2D eigenvalue weighted by atomic mass is 9.67. The summed E-state index contributed by atoms with van der Waals surface area (Å²) >= 11 is 4.30. The topological polar surface area (TPSA) is 57.5 Å². The van der Waals surface area contributed by atoms with Crippen molar-refractivity contribution in [3.63, 3.8) is 0 Å². The minimum atomic E-state index is -0.161. The number of carbonyl (C=O) groups is 2. The lowest BCUT2D eigenvalue weighted by Gasteiger charge is -2.51. The number of aromatic nitrogens is 1.